The Morgan fingerprint density at radius 3 is 2.31 bits per heavy atom. The molecule has 4 nitrogen and oxygen atoms in total. The molecule has 5 heteroatoms. The molecule has 1 aliphatic rings. The molecule has 0 atom stereocenters. The van der Waals surface area contributed by atoms with Gasteiger partial charge >= 0.3 is 5.97 Å². The van der Waals surface area contributed by atoms with Crippen LogP contribution >= 0.6 is 11.6 Å². The van der Waals surface area contributed by atoms with Crippen LogP contribution in [-0.4, -0.2) is 16.9 Å². The van der Waals surface area contributed by atoms with Gasteiger partial charge < -0.3 is 10.8 Å². The average molecular weight is 372 g/mol. The molecule has 3 rings (SSSR count). The van der Waals surface area contributed by atoms with Crippen molar-refractivity contribution in [2.45, 2.75) is 44.9 Å². The summed E-state index contributed by atoms with van der Waals surface area (Å²) >= 11 is 6.04. The van der Waals surface area contributed by atoms with Crippen LogP contribution in [0.5, 0.6) is 0 Å². The van der Waals surface area contributed by atoms with E-state index in [2.05, 4.69) is 0 Å². The van der Waals surface area contributed by atoms with Gasteiger partial charge in [0.25, 0.3) is 0 Å². The Balaban J connectivity index is 1.97. The first-order valence-electron chi connectivity index (χ1n) is 8.86. The fourth-order valence-corrected chi connectivity index (χ4v) is 3.88. The highest BCUT2D eigenvalue weighted by atomic mass is 35.5. The lowest BCUT2D eigenvalue weighted by molar-refractivity contribution is 0.0693. The van der Waals surface area contributed by atoms with Crippen molar-refractivity contribution in [3.63, 3.8) is 0 Å². The Kier molecular flexibility index (Phi) is 5.33. The summed E-state index contributed by atoms with van der Waals surface area (Å²) in [5.74, 6) is -1.07. The summed E-state index contributed by atoms with van der Waals surface area (Å²) in [6, 6.07) is 8.77. The maximum absolute atomic E-state index is 13.0. The van der Waals surface area contributed by atoms with Crippen LogP contribution < -0.4 is 5.73 Å². The molecule has 26 heavy (non-hydrogen) atoms. The summed E-state index contributed by atoms with van der Waals surface area (Å²) < 4.78 is 0. The molecule has 1 aliphatic carbocycles. The van der Waals surface area contributed by atoms with Gasteiger partial charge in [-0.2, -0.15) is 0 Å². The molecule has 0 spiro atoms. The van der Waals surface area contributed by atoms with E-state index < -0.39 is 11.8 Å². The van der Waals surface area contributed by atoms with Crippen molar-refractivity contribution in [2.75, 3.05) is 5.73 Å². The normalized spacial score (nSPS) is 15.0. The van der Waals surface area contributed by atoms with Gasteiger partial charge in [-0.15, -0.1) is 0 Å². The van der Waals surface area contributed by atoms with Gasteiger partial charge in [0.1, 0.15) is 0 Å². The second kappa shape index (κ2) is 7.50. The minimum absolute atomic E-state index is 0.00446. The Morgan fingerprint density at radius 2 is 1.73 bits per heavy atom. The van der Waals surface area contributed by atoms with Gasteiger partial charge in [0.2, 0.25) is 0 Å². The average Bonchev–Trinajstić information content (AvgIpc) is 2.66. The molecule has 0 amide bonds. The SMILES string of the molecule is Cc1c(Cl)cc(C(=O)O)c(C(=O)c2ccc(C3CCCCC3)cc2)c1N. The van der Waals surface area contributed by atoms with Gasteiger partial charge in [-0.05, 0) is 42.9 Å². The number of carbonyl (C=O) groups excluding carboxylic acids is 1. The van der Waals surface area contributed by atoms with Gasteiger partial charge in [-0.1, -0.05) is 55.1 Å². The van der Waals surface area contributed by atoms with E-state index in [0.717, 1.165) is 0 Å². The van der Waals surface area contributed by atoms with Crippen molar-refractivity contribution in [1.29, 1.82) is 0 Å². The lowest BCUT2D eigenvalue weighted by Gasteiger charge is -2.22. The molecular formula is C21H22ClNO3. The van der Waals surface area contributed by atoms with Crippen LogP contribution in [0.1, 0.15) is 75.4 Å². The summed E-state index contributed by atoms with van der Waals surface area (Å²) in [6.07, 6.45) is 6.14. The number of benzene rings is 2. The molecule has 136 valence electrons. The number of carboxylic acid groups (broad SMARTS) is 1. The summed E-state index contributed by atoms with van der Waals surface area (Å²) in [6.45, 7) is 1.67. The highest BCUT2D eigenvalue weighted by Crippen LogP contribution is 2.34. The maximum atomic E-state index is 13.0. The number of hydrogen-bond donors (Lipinski definition) is 2. The van der Waals surface area contributed by atoms with E-state index in [1.54, 1.807) is 19.1 Å². The van der Waals surface area contributed by atoms with Crippen molar-refractivity contribution < 1.29 is 14.7 Å². The van der Waals surface area contributed by atoms with E-state index >= 15 is 0 Å². The van der Waals surface area contributed by atoms with E-state index in [-0.39, 0.29) is 21.8 Å². The highest BCUT2D eigenvalue weighted by molar-refractivity contribution is 6.33. The Morgan fingerprint density at radius 1 is 1.12 bits per heavy atom. The van der Waals surface area contributed by atoms with Gasteiger partial charge in [0.05, 0.1) is 11.1 Å². The van der Waals surface area contributed by atoms with Crippen LogP contribution in [0.4, 0.5) is 5.69 Å². The third-order valence-electron chi connectivity index (χ3n) is 5.28. The Bertz CT molecular complexity index is 853. The zero-order valence-electron chi connectivity index (χ0n) is 14.7. The number of rotatable bonds is 4. The third-order valence-corrected chi connectivity index (χ3v) is 5.67. The molecule has 2 aromatic carbocycles. The minimum Gasteiger partial charge on any atom is -0.478 e. The summed E-state index contributed by atoms with van der Waals surface area (Å²) in [4.78, 5) is 24.5. The molecule has 0 unspecified atom stereocenters. The zero-order valence-corrected chi connectivity index (χ0v) is 15.5. The molecule has 1 saturated carbocycles. The van der Waals surface area contributed by atoms with E-state index in [1.807, 2.05) is 12.1 Å². The van der Waals surface area contributed by atoms with Crippen LogP contribution in [0.25, 0.3) is 0 Å². The van der Waals surface area contributed by atoms with Crippen LogP contribution in [0.3, 0.4) is 0 Å². The van der Waals surface area contributed by atoms with Crippen molar-refractivity contribution in [3.05, 3.63) is 63.2 Å². The number of nitrogens with two attached hydrogens (primary N) is 1. The first-order valence-corrected chi connectivity index (χ1v) is 9.24. The number of carbonyl (C=O) groups is 2. The van der Waals surface area contributed by atoms with Gasteiger partial charge in [-0.25, -0.2) is 4.79 Å². The van der Waals surface area contributed by atoms with E-state index in [4.69, 9.17) is 17.3 Å². The molecule has 0 aromatic heterocycles. The molecule has 1 fully saturated rings. The van der Waals surface area contributed by atoms with Crippen molar-refractivity contribution in [1.82, 2.24) is 0 Å². The minimum atomic E-state index is -1.22. The molecular weight excluding hydrogens is 350 g/mol. The van der Waals surface area contributed by atoms with Gasteiger partial charge in [0, 0.05) is 16.3 Å². The van der Waals surface area contributed by atoms with Crippen molar-refractivity contribution in [2.24, 2.45) is 0 Å². The van der Waals surface area contributed by atoms with Crippen molar-refractivity contribution >= 4 is 29.0 Å². The summed E-state index contributed by atoms with van der Waals surface area (Å²) in [7, 11) is 0. The predicted octanol–water partition coefficient (Wildman–Crippen LogP) is 5.21. The monoisotopic (exact) mass is 371 g/mol. The number of anilines is 1. The molecule has 0 radical (unpaired) electrons. The number of nitrogen functional groups attached to an aromatic ring is 1. The highest BCUT2D eigenvalue weighted by Gasteiger charge is 2.24. The Hall–Kier alpha value is -2.33. The maximum Gasteiger partial charge on any atom is 0.336 e. The summed E-state index contributed by atoms with van der Waals surface area (Å²) in [5.41, 5.74) is 8.18. The molecule has 2 aromatic rings. The molecule has 0 saturated heterocycles. The lowest BCUT2D eigenvalue weighted by atomic mass is 9.83. The van der Waals surface area contributed by atoms with E-state index in [9.17, 15) is 14.7 Å². The quantitative estimate of drug-likeness (QED) is 0.571. The van der Waals surface area contributed by atoms with Crippen LogP contribution in [0.15, 0.2) is 30.3 Å². The first kappa shape index (κ1) is 18.5. The second-order valence-electron chi connectivity index (χ2n) is 6.91. The van der Waals surface area contributed by atoms with E-state index in [1.165, 1.54) is 43.7 Å². The largest absolute Gasteiger partial charge is 0.478 e. The standard InChI is InChI=1S/C21H22ClNO3/c1-12-17(22)11-16(21(25)26)18(19(12)23)20(24)15-9-7-14(8-10-15)13-5-3-2-4-6-13/h7-11,13H,2-6,23H2,1H3,(H,25,26). The molecule has 3 N–H and O–H groups in total. The van der Waals surface area contributed by atoms with Crippen LogP contribution in [-0.2, 0) is 0 Å². The van der Waals surface area contributed by atoms with Gasteiger partial charge in [0.15, 0.2) is 5.78 Å². The Labute approximate surface area is 158 Å². The number of hydrogen-bond acceptors (Lipinski definition) is 3. The fourth-order valence-electron chi connectivity index (χ4n) is 3.67. The van der Waals surface area contributed by atoms with Crippen LogP contribution in [0.2, 0.25) is 5.02 Å². The topological polar surface area (TPSA) is 80.4 Å². The van der Waals surface area contributed by atoms with Crippen LogP contribution in [0, 0.1) is 6.92 Å². The number of halogens is 1. The van der Waals surface area contributed by atoms with Crippen molar-refractivity contribution in [3.8, 4) is 0 Å². The number of carboxylic acids is 1. The number of ketones is 1. The predicted molar refractivity (Wildman–Crippen MR) is 103 cm³/mol. The van der Waals surface area contributed by atoms with E-state index in [0.29, 0.717) is 17.0 Å². The zero-order chi connectivity index (χ0) is 18.8. The molecule has 0 heterocycles. The first-order chi connectivity index (χ1) is 12.4. The lowest BCUT2D eigenvalue weighted by Crippen LogP contribution is -2.14. The molecule has 0 aliphatic heterocycles. The number of aromatic carboxylic acids is 1. The summed E-state index contributed by atoms with van der Waals surface area (Å²) in [5, 5.41) is 9.69. The van der Waals surface area contributed by atoms with Gasteiger partial charge in [-0.3, -0.25) is 4.79 Å². The molecule has 0 bridgehead atoms. The fraction of sp³-hybridized carbons (Fsp3) is 0.333. The second-order valence-corrected chi connectivity index (χ2v) is 7.32. The smallest absolute Gasteiger partial charge is 0.336 e. The third kappa shape index (κ3) is 3.47.